The number of rotatable bonds is 9. The summed E-state index contributed by atoms with van der Waals surface area (Å²) in [7, 11) is 0. The van der Waals surface area contributed by atoms with Gasteiger partial charge in [0.05, 0.1) is 12.3 Å². The van der Waals surface area contributed by atoms with Crippen LogP contribution in [0.2, 0.25) is 0 Å². The predicted molar refractivity (Wildman–Crippen MR) is 131 cm³/mol. The van der Waals surface area contributed by atoms with E-state index in [4.69, 9.17) is 0 Å². The van der Waals surface area contributed by atoms with Gasteiger partial charge in [0.1, 0.15) is 0 Å². The van der Waals surface area contributed by atoms with Crippen LogP contribution in [0.5, 0.6) is 0 Å². The molecule has 0 aliphatic rings. The van der Waals surface area contributed by atoms with Crippen molar-refractivity contribution in [2.45, 2.75) is 32.1 Å². The number of aryl methyl sites for hydroxylation is 2. The largest absolute Gasteiger partial charge is 0.345 e. The minimum absolute atomic E-state index is 0.140. The van der Waals surface area contributed by atoms with Crippen LogP contribution < -0.4 is 10.6 Å². The molecule has 1 aromatic heterocycles. The molecule has 2 amide bonds. The number of halogens is 1. The summed E-state index contributed by atoms with van der Waals surface area (Å²) in [5, 5.41) is 14.7. The Labute approximate surface area is 199 Å². The SMILES string of the molecule is C=CCn1c(CNC(=O)c2cccc(C)c2)nnc1SCC(=O)Nc1ccc(Br)c(C)c1. The van der Waals surface area contributed by atoms with Crippen LogP contribution in [0.4, 0.5) is 5.69 Å². The normalized spacial score (nSPS) is 10.6. The van der Waals surface area contributed by atoms with Gasteiger partial charge in [0.15, 0.2) is 11.0 Å². The Morgan fingerprint density at radius 2 is 2.00 bits per heavy atom. The van der Waals surface area contributed by atoms with Gasteiger partial charge in [0.25, 0.3) is 5.91 Å². The number of benzene rings is 2. The number of amides is 2. The van der Waals surface area contributed by atoms with Gasteiger partial charge in [-0.15, -0.1) is 16.8 Å². The molecule has 0 saturated heterocycles. The van der Waals surface area contributed by atoms with E-state index in [9.17, 15) is 9.59 Å². The second-order valence-corrected chi connectivity index (χ2v) is 8.95. The predicted octanol–water partition coefficient (Wildman–Crippen LogP) is 4.50. The molecule has 32 heavy (non-hydrogen) atoms. The molecule has 1 heterocycles. The van der Waals surface area contributed by atoms with Crippen molar-refractivity contribution in [1.29, 1.82) is 0 Å². The van der Waals surface area contributed by atoms with Crippen LogP contribution in [0.25, 0.3) is 0 Å². The summed E-state index contributed by atoms with van der Waals surface area (Å²) < 4.78 is 2.83. The van der Waals surface area contributed by atoms with E-state index in [1.54, 1.807) is 12.1 Å². The third-order valence-electron chi connectivity index (χ3n) is 4.57. The number of hydrogen-bond acceptors (Lipinski definition) is 5. The van der Waals surface area contributed by atoms with Gasteiger partial charge in [-0.2, -0.15) is 0 Å². The summed E-state index contributed by atoms with van der Waals surface area (Å²) in [5.41, 5.74) is 3.39. The Bertz CT molecular complexity index is 1150. The summed E-state index contributed by atoms with van der Waals surface area (Å²) in [6.07, 6.45) is 1.73. The zero-order valence-electron chi connectivity index (χ0n) is 17.9. The maximum Gasteiger partial charge on any atom is 0.251 e. The molecule has 0 fully saturated rings. The molecule has 0 aliphatic carbocycles. The molecule has 0 spiro atoms. The molecule has 2 aromatic carbocycles. The van der Waals surface area contributed by atoms with Crippen molar-refractivity contribution in [3.8, 4) is 0 Å². The highest BCUT2D eigenvalue weighted by atomic mass is 79.9. The van der Waals surface area contributed by atoms with E-state index in [2.05, 4.69) is 43.3 Å². The molecule has 0 atom stereocenters. The van der Waals surface area contributed by atoms with Crippen molar-refractivity contribution in [2.75, 3.05) is 11.1 Å². The first-order chi connectivity index (χ1) is 15.4. The van der Waals surface area contributed by atoms with Gasteiger partial charge in [0.2, 0.25) is 5.91 Å². The average molecular weight is 514 g/mol. The maximum atomic E-state index is 12.4. The molecule has 0 bridgehead atoms. The first-order valence-electron chi connectivity index (χ1n) is 9.94. The number of carbonyl (C=O) groups is 2. The van der Waals surface area contributed by atoms with Crippen molar-refractivity contribution in [2.24, 2.45) is 0 Å². The third kappa shape index (κ3) is 6.30. The van der Waals surface area contributed by atoms with Crippen molar-refractivity contribution >= 4 is 45.2 Å². The lowest BCUT2D eigenvalue weighted by molar-refractivity contribution is -0.113. The molecule has 2 N–H and O–H groups in total. The summed E-state index contributed by atoms with van der Waals surface area (Å²) in [6.45, 7) is 8.38. The van der Waals surface area contributed by atoms with Crippen molar-refractivity contribution in [3.05, 3.63) is 82.1 Å². The van der Waals surface area contributed by atoms with E-state index in [-0.39, 0.29) is 24.1 Å². The fourth-order valence-corrected chi connectivity index (χ4v) is 3.98. The van der Waals surface area contributed by atoms with Crippen LogP contribution in [0.1, 0.15) is 27.3 Å². The minimum Gasteiger partial charge on any atom is -0.345 e. The van der Waals surface area contributed by atoms with Gasteiger partial charge in [-0.25, -0.2) is 0 Å². The van der Waals surface area contributed by atoms with Crippen molar-refractivity contribution in [3.63, 3.8) is 0 Å². The molecule has 3 aromatic rings. The summed E-state index contributed by atoms with van der Waals surface area (Å²) in [4.78, 5) is 24.8. The molecule has 0 saturated carbocycles. The van der Waals surface area contributed by atoms with E-state index in [1.165, 1.54) is 11.8 Å². The number of nitrogens with one attached hydrogen (secondary N) is 2. The Balaban J connectivity index is 1.61. The Morgan fingerprint density at radius 1 is 1.19 bits per heavy atom. The molecule has 166 valence electrons. The molecule has 0 unspecified atom stereocenters. The summed E-state index contributed by atoms with van der Waals surface area (Å²) in [6, 6.07) is 13.0. The molecular formula is C23H24BrN5O2S. The van der Waals surface area contributed by atoms with E-state index in [0.29, 0.717) is 23.1 Å². The number of aromatic nitrogens is 3. The monoisotopic (exact) mass is 513 g/mol. The number of anilines is 1. The van der Waals surface area contributed by atoms with Gasteiger partial charge >= 0.3 is 0 Å². The number of nitrogens with zero attached hydrogens (tertiary/aromatic N) is 3. The van der Waals surface area contributed by atoms with Gasteiger partial charge in [-0.1, -0.05) is 51.5 Å². The smallest absolute Gasteiger partial charge is 0.251 e. The number of allylic oxidation sites excluding steroid dienone is 1. The Hall–Kier alpha value is -2.91. The van der Waals surface area contributed by atoms with Gasteiger partial charge in [-0.05, 0) is 49.7 Å². The van der Waals surface area contributed by atoms with Gasteiger partial charge in [-0.3, -0.25) is 9.59 Å². The Morgan fingerprint density at radius 3 is 2.72 bits per heavy atom. The second kappa shape index (κ2) is 11.1. The highest BCUT2D eigenvalue weighted by Gasteiger charge is 2.15. The topological polar surface area (TPSA) is 88.9 Å². The standard InChI is InChI=1S/C23H24BrN5O2S/c1-4-10-29-20(13-25-22(31)17-7-5-6-15(2)11-17)27-28-23(29)32-14-21(30)26-18-8-9-19(24)16(3)12-18/h4-9,11-12H,1,10,13-14H2,2-3H3,(H,25,31)(H,26,30). The van der Waals surface area contributed by atoms with E-state index < -0.39 is 0 Å². The third-order valence-corrected chi connectivity index (χ3v) is 6.42. The summed E-state index contributed by atoms with van der Waals surface area (Å²) in [5.74, 6) is 0.455. The highest BCUT2D eigenvalue weighted by Crippen LogP contribution is 2.21. The number of hydrogen-bond donors (Lipinski definition) is 2. The molecule has 7 nitrogen and oxygen atoms in total. The lowest BCUT2D eigenvalue weighted by Crippen LogP contribution is -2.25. The lowest BCUT2D eigenvalue weighted by Gasteiger charge is -2.10. The molecular weight excluding hydrogens is 490 g/mol. The average Bonchev–Trinajstić information content (AvgIpc) is 3.15. The van der Waals surface area contributed by atoms with E-state index >= 15 is 0 Å². The van der Waals surface area contributed by atoms with Crippen LogP contribution in [-0.4, -0.2) is 32.3 Å². The van der Waals surface area contributed by atoms with Gasteiger partial charge in [0, 0.05) is 22.3 Å². The maximum absolute atomic E-state index is 12.4. The van der Waals surface area contributed by atoms with Gasteiger partial charge < -0.3 is 15.2 Å². The number of thioether (sulfide) groups is 1. The lowest BCUT2D eigenvalue weighted by atomic mass is 10.1. The molecule has 9 heteroatoms. The van der Waals surface area contributed by atoms with Crippen molar-refractivity contribution in [1.82, 2.24) is 20.1 Å². The number of carbonyl (C=O) groups excluding carboxylic acids is 2. The van der Waals surface area contributed by atoms with Crippen molar-refractivity contribution < 1.29 is 9.59 Å². The Kier molecular flexibility index (Phi) is 8.24. The molecule has 0 radical (unpaired) electrons. The highest BCUT2D eigenvalue weighted by molar-refractivity contribution is 9.10. The fraction of sp³-hybridized carbons (Fsp3) is 0.217. The van der Waals surface area contributed by atoms with E-state index in [1.807, 2.05) is 54.8 Å². The second-order valence-electron chi connectivity index (χ2n) is 7.15. The van der Waals surface area contributed by atoms with Crippen LogP contribution >= 0.6 is 27.7 Å². The minimum atomic E-state index is -0.180. The first-order valence-corrected chi connectivity index (χ1v) is 11.7. The van der Waals surface area contributed by atoms with Crippen LogP contribution in [0, 0.1) is 13.8 Å². The zero-order valence-corrected chi connectivity index (χ0v) is 20.3. The van der Waals surface area contributed by atoms with Crippen LogP contribution in [0.3, 0.4) is 0 Å². The summed E-state index contributed by atoms with van der Waals surface area (Å²) >= 11 is 4.73. The molecule has 3 rings (SSSR count). The van der Waals surface area contributed by atoms with E-state index in [0.717, 1.165) is 21.3 Å². The molecule has 0 aliphatic heterocycles. The van der Waals surface area contributed by atoms with Crippen LogP contribution in [-0.2, 0) is 17.9 Å². The fourth-order valence-electron chi connectivity index (χ4n) is 2.97. The quantitative estimate of drug-likeness (QED) is 0.324. The van der Waals surface area contributed by atoms with Crippen LogP contribution in [0.15, 0.2) is 64.7 Å². The zero-order chi connectivity index (χ0) is 23.1. The first kappa shape index (κ1) is 23.7.